The maximum absolute atomic E-state index is 12.7. The number of aromatic nitrogens is 2. The molecule has 12 nitrogen and oxygen atoms in total. The zero-order valence-electron chi connectivity index (χ0n) is 16.0. The highest BCUT2D eigenvalue weighted by Crippen LogP contribution is 2.24. The van der Waals surface area contributed by atoms with Crippen molar-refractivity contribution >= 4 is 30.3 Å². The highest BCUT2D eigenvalue weighted by atomic mass is 16.4. The molecule has 12 heteroatoms. The molecule has 154 valence electrons. The molecule has 1 saturated heterocycles. The summed E-state index contributed by atoms with van der Waals surface area (Å²) in [6, 6.07) is -1.75. The molecule has 1 aromatic rings. The summed E-state index contributed by atoms with van der Waals surface area (Å²) in [6.45, 7) is 4.10. The standard InChI is InChI=1S/C16H25N7O5/c1-4-10(14-21-22-16(17-3)28-14)18-7-11(25)23-6-5-9(2)12(23)13(26)20-15(27)19-8-24/h8-10,12,18H,4-7H2,1-3H3,(H,17,22)(H2,19,20,24,26,27)/t9-,10?,12?/m0/s1. The third-order valence-corrected chi connectivity index (χ3v) is 4.58. The number of urea groups is 1. The lowest BCUT2D eigenvalue weighted by Crippen LogP contribution is -2.53. The van der Waals surface area contributed by atoms with Gasteiger partial charge in [-0.25, -0.2) is 4.79 Å². The second-order valence-corrected chi connectivity index (χ2v) is 6.42. The van der Waals surface area contributed by atoms with Crippen molar-refractivity contribution in [3.8, 4) is 0 Å². The highest BCUT2D eigenvalue weighted by Gasteiger charge is 2.40. The van der Waals surface area contributed by atoms with Crippen LogP contribution in [0.25, 0.3) is 0 Å². The van der Waals surface area contributed by atoms with Crippen molar-refractivity contribution in [3.05, 3.63) is 5.89 Å². The second kappa shape index (κ2) is 9.78. The quantitative estimate of drug-likeness (QED) is 0.420. The van der Waals surface area contributed by atoms with Gasteiger partial charge in [0.1, 0.15) is 6.04 Å². The first kappa shape index (κ1) is 21.3. The molecule has 2 rings (SSSR count). The summed E-state index contributed by atoms with van der Waals surface area (Å²) in [7, 11) is 1.66. The van der Waals surface area contributed by atoms with Gasteiger partial charge in [-0.15, -0.1) is 5.10 Å². The minimum atomic E-state index is -0.924. The van der Waals surface area contributed by atoms with Gasteiger partial charge in [-0.3, -0.25) is 30.3 Å². The number of hydrogen-bond donors (Lipinski definition) is 4. The summed E-state index contributed by atoms with van der Waals surface area (Å²) in [5, 5.41) is 17.5. The van der Waals surface area contributed by atoms with Gasteiger partial charge in [-0.1, -0.05) is 18.9 Å². The molecule has 2 unspecified atom stereocenters. The summed E-state index contributed by atoms with van der Waals surface area (Å²) < 4.78 is 5.43. The fraction of sp³-hybridized carbons (Fsp3) is 0.625. The number of carbonyl (C=O) groups is 4. The van der Waals surface area contributed by atoms with Gasteiger partial charge in [-0.2, -0.15) is 0 Å². The van der Waals surface area contributed by atoms with Crippen LogP contribution in [-0.2, 0) is 14.4 Å². The maximum Gasteiger partial charge on any atom is 0.327 e. The molecule has 2 heterocycles. The summed E-state index contributed by atoms with van der Waals surface area (Å²) in [4.78, 5) is 48.2. The molecule has 0 saturated carbocycles. The molecule has 0 spiro atoms. The molecule has 3 atom stereocenters. The van der Waals surface area contributed by atoms with Crippen molar-refractivity contribution in [1.82, 2.24) is 31.0 Å². The Labute approximate surface area is 161 Å². The predicted molar refractivity (Wildman–Crippen MR) is 96.9 cm³/mol. The Morgan fingerprint density at radius 1 is 1.36 bits per heavy atom. The Balaban J connectivity index is 1.98. The lowest BCUT2D eigenvalue weighted by Gasteiger charge is -2.26. The fourth-order valence-electron chi connectivity index (χ4n) is 3.10. The smallest absolute Gasteiger partial charge is 0.327 e. The molecular weight excluding hydrogens is 370 g/mol. The lowest BCUT2D eigenvalue weighted by molar-refractivity contribution is -0.138. The van der Waals surface area contributed by atoms with Crippen molar-refractivity contribution < 1.29 is 23.6 Å². The van der Waals surface area contributed by atoms with Crippen LogP contribution in [0.5, 0.6) is 0 Å². The van der Waals surface area contributed by atoms with Gasteiger partial charge in [-0.05, 0) is 18.8 Å². The van der Waals surface area contributed by atoms with Gasteiger partial charge in [0.05, 0.1) is 12.6 Å². The Bertz CT molecular complexity index is 722. The minimum absolute atomic E-state index is 0.0349. The predicted octanol–water partition coefficient (Wildman–Crippen LogP) is -0.629. The van der Waals surface area contributed by atoms with E-state index in [0.717, 1.165) is 0 Å². The van der Waals surface area contributed by atoms with Gasteiger partial charge < -0.3 is 14.6 Å². The van der Waals surface area contributed by atoms with Crippen LogP contribution in [0.3, 0.4) is 0 Å². The Hall–Kier alpha value is -3.02. The number of anilines is 1. The molecular formula is C16H25N7O5. The van der Waals surface area contributed by atoms with Crippen molar-refractivity contribution in [1.29, 1.82) is 0 Å². The Morgan fingerprint density at radius 3 is 2.71 bits per heavy atom. The molecule has 0 aliphatic carbocycles. The molecule has 0 bridgehead atoms. The zero-order valence-corrected chi connectivity index (χ0v) is 16.0. The largest absolute Gasteiger partial charge is 0.406 e. The van der Waals surface area contributed by atoms with Crippen molar-refractivity contribution in [2.45, 2.75) is 38.8 Å². The molecule has 4 N–H and O–H groups in total. The normalized spacial score (nSPS) is 19.8. The number of nitrogens with zero attached hydrogens (tertiary/aromatic N) is 3. The summed E-state index contributed by atoms with van der Waals surface area (Å²) in [5.74, 6) is -0.675. The number of hydrogen-bond acceptors (Lipinski definition) is 9. The van der Waals surface area contributed by atoms with E-state index in [9.17, 15) is 19.2 Å². The Morgan fingerprint density at radius 2 is 2.11 bits per heavy atom. The van der Waals surface area contributed by atoms with Crippen LogP contribution in [0.15, 0.2) is 4.42 Å². The third-order valence-electron chi connectivity index (χ3n) is 4.58. The van der Waals surface area contributed by atoms with E-state index >= 15 is 0 Å². The van der Waals surface area contributed by atoms with Crippen molar-refractivity contribution in [3.63, 3.8) is 0 Å². The van der Waals surface area contributed by atoms with Gasteiger partial charge in [0, 0.05) is 13.6 Å². The van der Waals surface area contributed by atoms with Gasteiger partial charge in [0.15, 0.2) is 0 Å². The zero-order chi connectivity index (χ0) is 20.7. The molecule has 1 fully saturated rings. The molecule has 0 radical (unpaired) electrons. The van der Waals surface area contributed by atoms with E-state index in [1.165, 1.54) is 4.90 Å². The van der Waals surface area contributed by atoms with E-state index in [-0.39, 0.29) is 36.8 Å². The van der Waals surface area contributed by atoms with Gasteiger partial charge in [0.2, 0.25) is 18.2 Å². The molecule has 1 aliphatic rings. The topological polar surface area (TPSA) is 159 Å². The number of likely N-dealkylation sites (tertiary alicyclic amines) is 1. The van der Waals surface area contributed by atoms with E-state index in [4.69, 9.17) is 4.42 Å². The monoisotopic (exact) mass is 395 g/mol. The molecule has 0 aromatic carbocycles. The van der Waals surface area contributed by atoms with E-state index in [2.05, 4.69) is 26.1 Å². The van der Waals surface area contributed by atoms with Crippen molar-refractivity contribution in [2.75, 3.05) is 25.5 Å². The maximum atomic E-state index is 12.7. The first-order chi connectivity index (χ1) is 13.4. The third kappa shape index (κ3) is 5.03. The van der Waals surface area contributed by atoms with E-state index < -0.39 is 18.0 Å². The average Bonchev–Trinajstić information content (AvgIpc) is 3.29. The average molecular weight is 395 g/mol. The summed E-state index contributed by atoms with van der Waals surface area (Å²) in [5.41, 5.74) is 0. The van der Waals surface area contributed by atoms with Crippen LogP contribution in [0, 0.1) is 5.92 Å². The van der Waals surface area contributed by atoms with E-state index in [1.807, 2.05) is 19.2 Å². The van der Waals surface area contributed by atoms with Crippen LogP contribution < -0.4 is 21.3 Å². The number of rotatable bonds is 8. The van der Waals surface area contributed by atoms with Gasteiger partial charge >= 0.3 is 12.0 Å². The van der Waals surface area contributed by atoms with E-state index in [0.29, 0.717) is 25.3 Å². The molecule has 5 amide bonds. The van der Waals surface area contributed by atoms with Crippen molar-refractivity contribution in [2.24, 2.45) is 5.92 Å². The minimum Gasteiger partial charge on any atom is -0.406 e. The molecule has 28 heavy (non-hydrogen) atoms. The lowest BCUT2D eigenvalue weighted by atomic mass is 10.0. The van der Waals surface area contributed by atoms with Crippen LogP contribution in [0.2, 0.25) is 0 Å². The summed E-state index contributed by atoms with van der Waals surface area (Å²) in [6.07, 6.45) is 1.42. The fourth-order valence-corrected chi connectivity index (χ4v) is 3.10. The van der Waals surface area contributed by atoms with Crippen LogP contribution in [0.4, 0.5) is 10.8 Å². The second-order valence-electron chi connectivity index (χ2n) is 6.42. The van der Waals surface area contributed by atoms with Gasteiger partial charge in [0.25, 0.3) is 5.91 Å². The number of nitrogens with one attached hydrogen (secondary N) is 4. The first-order valence-electron chi connectivity index (χ1n) is 9.00. The number of carbonyl (C=O) groups excluding carboxylic acids is 4. The highest BCUT2D eigenvalue weighted by molar-refractivity contribution is 6.01. The number of imide groups is 2. The first-order valence-corrected chi connectivity index (χ1v) is 9.00. The summed E-state index contributed by atoms with van der Waals surface area (Å²) >= 11 is 0. The SMILES string of the molecule is CCC(NCC(=O)N1CC[C@H](C)C1C(=O)NC(=O)NC=O)c1nnc(NC)o1. The van der Waals surface area contributed by atoms with Crippen LogP contribution in [-0.4, -0.2) is 65.5 Å². The molecule has 1 aliphatic heterocycles. The van der Waals surface area contributed by atoms with E-state index in [1.54, 1.807) is 7.05 Å². The van der Waals surface area contributed by atoms with Crippen LogP contribution in [0.1, 0.15) is 38.6 Å². The number of amides is 5. The molecule has 1 aromatic heterocycles. The Kier molecular flexibility index (Phi) is 7.44. The van der Waals surface area contributed by atoms with Crippen LogP contribution >= 0.6 is 0 Å².